The molecule has 1 unspecified atom stereocenters. The molecule has 12 heteroatoms. The molecular formula is C27H27Cl4N3O4S. The molecule has 7 nitrogen and oxygen atoms in total. The number of nitrogens with zero attached hydrogens (tertiary/aromatic N) is 2. The van der Waals surface area contributed by atoms with Crippen LogP contribution in [-0.2, 0) is 32.6 Å². The summed E-state index contributed by atoms with van der Waals surface area (Å²) in [6, 6.07) is 17.8. The fraction of sp³-hybridized carbons (Fsp3) is 0.259. The zero-order valence-corrected chi connectivity index (χ0v) is 25.0. The van der Waals surface area contributed by atoms with Crippen LogP contribution in [0.1, 0.15) is 18.1 Å². The van der Waals surface area contributed by atoms with E-state index in [1.807, 2.05) is 30.3 Å². The van der Waals surface area contributed by atoms with Crippen molar-refractivity contribution in [2.75, 3.05) is 23.7 Å². The fourth-order valence-electron chi connectivity index (χ4n) is 3.98. The van der Waals surface area contributed by atoms with E-state index in [1.165, 1.54) is 17.0 Å². The number of likely N-dealkylation sites (N-methyl/N-ethyl adjacent to an activating group) is 1. The van der Waals surface area contributed by atoms with Gasteiger partial charge in [0, 0.05) is 24.5 Å². The van der Waals surface area contributed by atoms with Gasteiger partial charge in [-0.3, -0.25) is 13.9 Å². The molecule has 0 aliphatic carbocycles. The summed E-state index contributed by atoms with van der Waals surface area (Å²) in [5.41, 5.74) is 1.48. The summed E-state index contributed by atoms with van der Waals surface area (Å²) < 4.78 is 26.6. The Morgan fingerprint density at radius 3 is 2.13 bits per heavy atom. The van der Waals surface area contributed by atoms with Gasteiger partial charge in [-0.05, 0) is 42.3 Å². The van der Waals surface area contributed by atoms with E-state index in [2.05, 4.69) is 5.32 Å². The summed E-state index contributed by atoms with van der Waals surface area (Å²) in [6.07, 6.45) is 1.15. The molecule has 208 valence electrons. The Kier molecular flexibility index (Phi) is 10.9. The second kappa shape index (κ2) is 13.7. The molecule has 0 saturated heterocycles. The molecule has 0 aliphatic rings. The molecule has 0 heterocycles. The lowest BCUT2D eigenvalue weighted by Crippen LogP contribution is -2.53. The standard InChI is InChI=1S/C27H27Cl4N3O4S/c1-3-32-27(36)25(13-18-8-5-4-6-9-18)33(16-19-10-7-11-20(28)12-19)26(35)17-34(39(2,37)38)24-15-22(30)21(29)14-23(24)31/h4-12,14-15,25H,3,13,16-17H2,1-2H3,(H,32,36). The molecule has 0 aromatic heterocycles. The Bertz CT molecular complexity index is 1440. The molecule has 0 bridgehead atoms. The summed E-state index contributed by atoms with van der Waals surface area (Å²) >= 11 is 24.7. The maximum atomic E-state index is 14.0. The van der Waals surface area contributed by atoms with Crippen LogP contribution in [0.15, 0.2) is 66.7 Å². The smallest absolute Gasteiger partial charge is 0.244 e. The van der Waals surface area contributed by atoms with Crippen molar-refractivity contribution in [2.24, 2.45) is 0 Å². The number of nitrogens with one attached hydrogen (secondary N) is 1. The van der Waals surface area contributed by atoms with Crippen LogP contribution >= 0.6 is 46.4 Å². The van der Waals surface area contributed by atoms with E-state index in [-0.39, 0.29) is 39.6 Å². The maximum absolute atomic E-state index is 14.0. The van der Waals surface area contributed by atoms with Gasteiger partial charge in [0.15, 0.2) is 0 Å². The number of rotatable bonds is 11. The maximum Gasteiger partial charge on any atom is 0.244 e. The Morgan fingerprint density at radius 2 is 1.51 bits per heavy atom. The topological polar surface area (TPSA) is 86.8 Å². The first kappa shape index (κ1) is 31.0. The van der Waals surface area contributed by atoms with Crippen LogP contribution in [0.5, 0.6) is 0 Å². The first-order chi connectivity index (χ1) is 18.4. The second-order valence-electron chi connectivity index (χ2n) is 8.74. The van der Waals surface area contributed by atoms with Gasteiger partial charge in [-0.1, -0.05) is 88.9 Å². The number of benzene rings is 3. The second-order valence-corrected chi connectivity index (χ2v) is 12.3. The minimum Gasteiger partial charge on any atom is -0.355 e. The van der Waals surface area contributed by atoms with Crippen molar-refractivity contribution in [3.63, 3.8) is 0 Å². The zero-order chi connectivity index (χ0) is 28.7. The van der Waals surface area contributed by atoms with Gasteiger partial charge >= 0.3 is 0 Å². The van der Waals surface area contributed by atoms with Crippen molar-refractivity contribution in [3.8, 4) is 0 Å². The Balaban J connectivity index is 2.08. The minimum absolute atomic E-state index is 0.000730. The molecule has 0 aliphatic heterocycles. The molecular weight excluding hydrogens is 604 g/mol. The quantitative estimate of drug-likeness (QED) is 0.270. The molecule has 0 fully saturated rings. The average molecular weight is 631 g/mol. The first-order valence-corrected chi connectivity index (χ1v) is 15.2. The summed E-state index contributed by atoms with van der Waals surface area (Å²) in [7, 11) is -4.02. The largest absolute Gasteiger partial charge is 0.355 e. The zero-order valence-electron chi connectivity index (χ0n) is 21.2. The predicted molar refractivity (Wildman–Crippen MR) is 158 cm³/mol. The number of carbonyl (C=O) groups excluding carboxylic acids is 2. The van der Waals surface area contributed by atoms with Gasteiger partial charge < -0.3 is 10.2 Å². The summed E-state index contributed by atoms with van der Waals surface area (Å²) in [6.45, 7) is 1.48. The molecule has 0 radical (unpaired) electrons. The molecule has 3 aromatic carbocycles. The van der Waals surface area contributed by atoms with Gasteiger partial charge in [-0.15, -0.1) is 0 Å². The lowest BCUT2D eigenvalue weighted by molar-refractivity contribution is -0.140. The van der Waals surface area contributed by atoms with Crippen LogP contribution in [0.4, 0.5) is 5.69 Å². The van der Waals surface area contributed by atoms with E-state index in [1.54, 1.807) is 31.2 Å². The Hall–Kier alpha value is -2.49. The van der Waals surface area contributed by atoms with Crippen LogP contribution < -0.4 is 9.62 Å². The van der Waals surface area contributed by atoms with Crippen LogP contribution in [0.2, 0.25) is 20.1 Å². The van der Waals surface area contributed by atoms with E-state index in [0.717, 1.165) is 16.1 Å². The number of halogens is 4. The summed E-state index contributed by atoms with van der Waals surface area (Å²) in [5.74, 6) is -1.01. The highest BCUT2D eigenvalue weighted by molar-refractivity contribution is 7.92. The lowest BCUT2D eigenvalue weighted by Gasteiger charge is -2.33. The molecule has 2 amide bonds. The number of anilines is 1. The minimum atomic E-state index is -4.02. The van der Waals surface area contributed by atoms with Gasteiger partial charge in [-0.25, -0.2) is 8.42 Å². The van der Waals surface area contributed by atoms with Gasteiger partial charge in [0.05, 0.1) is 27.0 Å². The van der Waals surface area contributed by atoms with Crippen LogP contribution in [0, 0.1) is 0 Å². The van der Waals surface area contributed by atoms with Gasteiger partial charge in [0.25, 0.3) is 0 Å². The number of hydrogen-bond donors (Lipinski definition) is 1. The number of hydrogen-bond acceptors (Lipinski definition) is 4. The number of amides is 2. The van der Waals surface area contributed by atoms with Crippen LogP contribution in [0.25, 0.3) is 0 Å². The molecule has 1 N–H and O–H groups in total. The Morgan fingerprint density at radius 1 is 0.872 bits per heavy atom. The summed E-state index contributed by atoms with van der Waals surface area (Å²) in [4.78, 5) is 28.6. The molecule has 3 aromatic rings. The SMILES string of the molecule is CCNC(=O)C(Cc1ccccc1)N(Cc1cccc(Cl)c1)C(=O)CN(c1cc(Cl)c(Cl)cc1Cl)S(C)(=O)=O. The number of carbonyl (C=O) groups is 2. The van der Waals surface area contributed by atoms with Crippen molar-refractivity contribution in [1.82, 2.24) is 10.2 Å². The van der Waals surface area contributed by atoms with E-state index in [4.69, 9.17) is 46.4 Å². The molecule has 1 atom stereocenters. The first-order valence-electron chi connectivity index (χ1n) is 11.9. The van der Waals surface area contributed by atoms with E-state index >= 15 is 0 Å². The van der Waals surface area contributed by atoms with Crippen molar-refractivity contribution in [2.45, 2.75) is 25.9 Å². The summed E-state index contributed by atoms with van der Waals surface area (Å²) in [5, 5.41) is 3.44. The highest BCUT2D eigenvalue weighted by Gasteiger charge is 2.33. The third kappa shape index (κ3) is 8.50. The van der Waals surface area contributed by atoms with Crippen LogP contribution in [0.3, 0.4) is 0 Å². The van der Waals surface area contributed by atoms with E-state index in [0.29, 0.717) is 17.1 Å². The van der Waals surface area contributed by atoms with Crippen LogP contribution in [-0.4, -0.2) is 50.5 Å². The Labute approximate surface area is 248 Å². The third-order valence-corrected chi connectivity index (χ3v) is 8.19. The molecule has 39 heavy (non-hydrogen) atoms. The highest BCUT2D eigenvalue weighted by Crippen LogP contribution is 2.35. The highest BCUT2D eigenvalue weighted by atomic mass is 35.5. The molecule has 3 rings (SSSR count). The fourth-order valence-corrected chi connectivity index (χ4v) is 5.74. The van der Waals surface area contributed by atoms with Gasteiger partial charge in [0.2, 0.25) is 21.8 Å². The van der Waals surface area contributed by atoms with Crippen molar-refractivity contribution < 1.29 is 18.0 Å². The van der Waals surface area contributed by atoms with Crippen molar-refractivity contribution in [3.05, 3.63) is 97.9 Å². The lowest BCUT2D eigenvalue weighted by atomic mass is 10.0. The predicted octanol–water partition coefficient (Wildman–Crippen LogP) is 5.84. The number of sulfonamides is 1. The average Bonchev–Trinajstić information content (AvgIpc) is 2.87. The molecule has 0 saturated carbocycles. The van der Waals surface area contributed by atoms with Gasteiger partial charge in [-0.2, -0.15) is 0 Å². The monoisotopic (exact) mass is 629 g/mol. The van der Waals surface area contributed by atoms with Crippen molar-refractivity contribution >= 4 is 73.9 Å². The third-order valence-electron chi connectivity index (χ3n) is 5.80. The molecule has 0 spiro atoms. The normalized spacial score (nSPS) is 12.1. The van der Waals surface area contributed by atoms with Crippen molar-refractivity contribution in [1.29, 1.82) is 0 Å². The van der Waals surface area contributed by atoms with Gasteiger partial charge in [0.1, 0.15) is 12.6 Å². The van der Waals surface area contributed by atoms with E-state index < -0.39 is 28.5 Å². The van der Waals surface area contributed by atoms with E-state index in [9.17, 15) is 18.0 Å².